The Balaban J connectivity index is 1.81. The van der Waals surface area contributed by atoms with Crippen LogP contribution in [-0.2, 0) is 4.79 Å². The van der Waals surface area contributed by atoms with Gasteiger partial charge in [0, 0.05) is 5.02 Å². The van der Waals surface area contributed by atoms with Crippen LogP contribution in [0.1, 0.15) is 11.1 Å². The molecule has 0 radical (unpaired) electrons. The van der Waals surface area contributed by atoms with Gasteiger partial charge in [-0.3, -0.25) is 4.79 Å². The average Bonchev–Trinajstić information content (AvgIpc) is 3.02. The van der Waals surface area contributed by atoms with Gasteiger partial charge in [0.2, 0.25) is 0 Å². The normalized spacial score (nSPS) is 16.3. The van der Waals surface area contributed by atoms with Gasteiger partial charge in [0.15, 0.2) is 16.7 Å². The van der Waals surface area contributed by atoms with E-state index in [1.165, 1.54) is 11.8 Å². The van der Waals surface area contributed by atoms with Crippen LogP contribution >= 0.6 is 23.4 Å². The summed E-state index contributed by atoms with van der Waals surface area (Å²) in [5, 5.41) is 3.92. The summed E-state index contributed by atoms with van der Waals surface area (Å²) in [5.74, 6) is 1.00. The number of aliphatic imine (C=N–C) groups is 1. The molecule has 144 valence electrons. The van der Waals surface area contributed by atoms with Crippen molar-refractivity contribution in [2.75, 3.05) is 13.7 Å². The van der Waals surface area contributed by atoms with E-state index in [1.807, 2.05) is 31.2 Å². The number of rotatable bonds is 6. The largest absolute Gasteiger partial charge is 0.493 e. The molecule has 1 N–H and O–H groups in total. The quantitative estimate of drug-likeness (QED) is 0.526. The van der Waals surface area contributed by atoms with Crippen LogP contribution in [-0.4, -0.2) is 24.8 Å². The molecule has 0 unspecified atom stereocenters. The number of carbonyl (C=O) groups is 1. The number of carbonyl (C=O) groups excluding carboxylic acids is 1. The first kappa shape index (κ1) is 20.0. The molecule has 7 heteroatoms. The van der Waals surface area contributed by atoms with E-state index in [4.69, 9.17) is 21.1 Å². The minimum Gasteiger partial charge on any atom is -0.493 e. The number of benzene rings is 2. The molecule has 1 saturated heterocycles. The number of amidine groups is 1. The Morgan fingerprint density at radius 2 is 2.07 bits per heavy atom. The van der Waals surface area contributed by atoms with Crippen LogP contribution in [0.4, 0.5) is 5.69 Å². The molecule has 1 aliphatic heterocycles. The summed E-state index contributed by atoms with van der Waals surface area (Å²) >= 11 is 7.41. The Morgan fingerprint density at radius 3 is 2.79 bits per heavy atom. The van der Waals surface area contributed by atoms with Gasteiger partial charge < -0.3 is 14.8 Å². The summed E-state index contributed by atoms with van der Waals surface area (Å²) in [4.78, 5) is 17.3. The third-order valence-electron chi connectivity index (χ3n) is 3.88. The first-order chi connectivity index (χ1) is 13.5. The highest BCUT2D eigenvalue weighted by molar-refractivity contribution is 8.18. The van der Waals surface area contributed by atoms with Crippen molar-refractivity contribution in [1.29, 1.82) is 0 Å². The average molecular weight is 415 g/mol. The molecule has 2 aromatic rings. The molecule has 28 heavy (non-hydrogen) atoms. The smallest absolute Gasteiger partial charge is 0.264 e. The molecule has 1 amide bonds. The first-order valence-corrected chi connectivity index (χ1v) is 9.67. The van der Waals surface area contributed by atoms with E-state index in [0.29, 0.717) is 38.9 Å². The fraction of sp³-hybridized carbons (Fsp3) is 0.143. The zero-order chi connectivity index (χ0) is 20.1. The van der Waals surface area contributed by atoms with Gasteiger partial charge in [-0.05, 0) is 60.2 Å². The summed E-state index contributed by atoms with van der Waals surface area (Å²) in [5.41, 5.74) is 2.48. The van der Waals surface area contributed by atoms with E-state index in [-0.39, 0.29) is 5.91 Å². The summed E-state index contributed by atoms with van der Waals surface area (Å²) in [7, 11) is 1.57. The zero-order valence-corrected chi connectivity index (χ0v) is 17.1. The van der Waals surface area contributed by atoms with Gasteiger partial charge in [-0.1, -0.05) is 36.4 Å². The van der Waals surface area contributed by atoms with Gasteiger partial charge >= 0.3 is 0 Å². The standard InChI is InChI=1S/C21H19ClN2O3S/c1-4-9-27-17-8-6-14(10-18(17)26-3)11-19-20(25)24-21(28-19)23-15-7-5-13(2)16(22)12-15/h4-8,10-12H,1,9H2,2-3H3,(H,23,24,25)/b19-11-. The zero-order valence-electron chi connectivity index (χ0n) is 15.5. The lowest BCUT2D eigenvalue weighted by molar-refractivity contribution is -0.115. The summed E-state index contributed by atoms with van der Waals surface area (Å²) < 4.78 is 10.9. The van der Waals surface area contributed by atoms with Crippen LogP contribution in [0, 0.1) is 6.92 Å². The Hall–Kier alpha value is -2.70. The van der Waals surface area contributed by atoms with Crippen molar-refractivity contribution in [3.63, 3.8) is 0 Å². The van der Waals surface area contributed by atoms with Gasteiger partial charge in [0.05, 0.1) is 17.7 Å². The van der Waals surface area contributed by atoms with Gasteiger partial charge in [-0.25, -0.2) is 4.99 Å². The Labute approximate surface area is 173 Å². The lowest BCUT2D eigenvalue weighted by atomic mass is 10.2. The second-order valence-electron chi connectivity index (χ2n) is 5.93. The topological polar surface area (TPSA) is 59.9 Å². The second-order valence-corrected chi connectivity index (χ2v) is 7.36. The van der Waals surface area contributed by atoms with E-state index < -0.39 is 0 Å². The van der Waals surface area contributed by atoms with Crippen LogP contribution < -0.4 is 14.8 Å². The van der Waals surface area contributed by atoms with Crippen LogP contribution in [0.15, 0.2) is 59.0 Å². The van der Waals surface area contributed by atoms with Crippen LogP contribution in [0.25, 0.3) is 6.08 Å². The third kappa shape index (κ3) is 4.77. The number of thioether (sulfide) groups is 1. The maximum Gasteiger partial charge on any atom is 0.264 e. The molecule has 0 atom stereocenters. The maximum absolute atomic E-state index is 12.3. The minimum absolute atomic E-state index is 0.201. The van der Waals surface area contributed by atoms with E-state index in [1.54, 1.807) is 31.4 Å². The number of nitrogens with one attached hydrogen (secondary N) is 1. The van der Waals surface area contributed by atoms with Crippen molar-refractivity contribution in [1.82, 2.24) is 5.32 Å². The molecule has 2 aromatic carbocycles. The molecule has 5 nitrogen and oxygen atoms in total. The molecule has 0 spiro atoms. The minimum atomic E-state index is -0.201. The highest BCUT2D eigenvalue weighted by atomic mass is 35.5. The van der Waals surface area contributed by atoms with Crippen molar-refractivity contribution in [3.8, 4) is 11.5 Å². The number of aryl methyl sites for hydroxylation is 1. The predicted molar refractivity (Wildman–Crippen MR) is 116 cm³/mol. The monoisotopic (exact) mass is 414 g/mol. The van der Waals surface area contributed by atoms with Crippen molar-refractivity contribution in [2.45, 2.75) is 6.92 Å². The summed E-state index contributed by atoms with van der Waals surface area (Å²) in [6, 6.07) is 11.0. The molecule has 0 bridgehead atoms. The molecule has 1 fully saturated rings. The lowest BCUT2D eigenvalue weighted by Gasteiger charge is -2.09. The number of hydrogen-bond acceptors (Lipinski definition) is 5. The van der Waals surface area contributed by atoms with E-state index >= 15 is 0 Å². The molecule has 0 aliphatic carbocycles. The molecule has 0 saturated carbocycles. The van der Waals surface area contributed by atoms with Crippen molar-refractivity contribution < 1.29 is 14.3 Å². The van der Waals surface area contributed by atoms with Crippen molar-refractivity contribution in [3.05, 3.63) is 70.1 Å². The SMILES string of the molecule is C=CCOc1ccc(/C=C2\SC(=Nc3ccc(C)c(Cl)c3)NC2=O)cc1OC. The van der Waals surface area contributed by atoms with E-state index in [0.717, 1.165) is 11.1 Å². The fourth-order valence-corrected chi connectivity index (χ4v) is 3.46. The number of ether oxygens (including phenoxy) is 2. The Kier molecular flexibility index (Phi) is 6.44. The van der Waals surface area contributed by atoms with Crippen LogP contribution in [0.2, 0.25) is 5.02 Å². The van der Waals surface area contributed by atoms with E-state index in [9.17, 15) is 4.79 Å². The number of hydrogen-bond donors (Lipinski definition) is 1. The third-order valence-corrected chi connectivity index (χ3v) is 5.20. The molecule has 1 heterocycles. The van der Waals surface area contributed by atoms with Gasteiger partial charge in [0.1, 0.15) is 6.61 Å². The highest BCUT2D eigenvalue weighted by Crippen LogP contribution is 2.32. The predicted octanol–water partition coefficient (Wildman–Crippen LogP) is 5.11. The van der Waals surface area contributed by atoms with Crippen LogP contribution in [0.3, 0.4) is 0 Å². The molecule has 0 aromatic heterocycles. The van der Waals surface area contributed by atoms with Gasteiger partial charge in [-0.2, -0.15) is 0 Å². The first-order valence-electron chi connectivity index (χ1n) is 8.47. The van der Waals surface area contributed by atoms with Gasteiger partial charge in [-0.15, -0.1) is 0 Å². The molecular formula is C21H19ClN2O3S. The molecular weight excluding hydrogens is 396 g/mol. The van der Waals surface area contributed by atoms with E-state index in [2.05, 4.69) is 16.9 Å². The van der Waals surface area contributed by atoms with Crippen molar-refractivity contribution in [2.24, 2.45) is 4.99 Å². The Bertz CT molecular complexity index is 986. The molecule has 1 aliphatic rings. The lowest BCUT2D eigenvalue weighted by Crippen LogP contribution is -2.19. The number of nitrogens with zero attached hydrogens (tertiary/aromatic N) is 1. The summed E-state index contributed by atoms with van der Waals surface area (Å²) in [6.45, 7) is 5.94. The number of amides is 1. The Morgan fingerprint density at radius 1 is 1.25 bits per heavy atom. The number of halogens is 1. The van der Waals surface area contributed by atoms with Crippen LogP contribution in [0.5, 0.6) is 11.5 Å². The highest BCUT2D eigenvalue weighted by Gasteiger charge is 2.24. The van der Waals surface area contributed by atoms with Crippen molar-refractivity contribution >= 4 is 46.2 Å². The fourth-order valence-electron chi connectivity index (χ4n) is 2.44. The maximum atomic E-state index is 12.3. The summed E-state index contributed by atoms with van der Waals surface area (Å²) in [6.07, 6.45) is 3.45. The molecule has 3 rings (SSSR count). The second kappa shape index (κ2) is 8.99. The number of methoxy groups -OCH3 is 1. The van der Waals surface area contributed by atoms with Gasteiger partial charge in [0.25, 0.3) is 5.91 Å².